The van der Waals surface area contributed by atoms with Gasteiger partial charge in [-0.2, -0.15) is 0 Å². The van der Waals surface area contributed by atoms with E-state index in [1.54, 1.807) is 0 Å². The molecule has 3 nitrogen and oxygen atoms in total. The number of ether oxygens (including phenoxy) is 1. The molecule has 0 spiro atoms. The molecule has 1 aliphatic heterocycles. The van der Waals surface area contributed by atoms with Gasteiger partial charge in [0.05, 0.1) is 6.61 Å². The maximum Gasteiger partial charge on any atom is 0.119 e. The summed E-state index contributed by atoms with van der Waals surface area (Å²) in [6, 6.07) is 8.47. The van der Waals surface area contributed by atoms with Crippen molar-refractivity contribution in [3.63, 3.8) is 0 Å². The molecule has 1 aromatic rings. The fourth-order valence-electron chi connectivity index (χ4n) is 2.07. The van der Waals surface area contributed by atoms with E-state index in [0.29, 0.717) is 12.5 Å². The molecular weight excluding hydrogens is 188 g/mol. The average molecular weight is 206 g/mol. The first-order valence-corrected chi connectivity index (χ1v) is 5.50. The molecule has 3 heteroatoms. The second-order valence-electron chi connectivity index (χ2n) is 3.93. The maximum atomic E-state index is 6.03. The fourth-order valence-corrected chi connectivity index (χ4v) is 2.07. The van der Waals surface area contributed by atoms with Crippen LogP contribution in [0.1, 0.15) is 18.4 Å². The summed E-state index contributed by atoms with van der Waals surface area (Å²) in [5.74, 6) is 1.36. The predicted octanol–water partition coefficient (Wildman–Crippen LogP) is 1.10. The van der Waals surface area contributed by atoms with Crippen molar-refractivity contribution in [3.8, 4) is 5.75 Å². The summed E-state index contributed by atoms with van der Waals surface area (Å²) in [5, 5.41) is 3.31. The fraction of sp³-hybridized carbons (Fsp3) is 0.500. The number of rotatable bonds is 3. The normalized spacial score (nSPS) is 25.5. The highest BCUT2D eigenvalue weighted by molar-refractivity contribution is 5.32. The van der Waals surface area contributed by atoms with Crippen LogP contribution < -0.4 is 15.8 Å². The first-order valence-electron chi connectivity index (χ1n) is 5.50. The molecule has 0 amide bonds. The minimum absolute atomic E-state index is 0.224. The van der Waals surface area contributed by atoms with Crippen LogP contribution in [0.15, 0.2) is 24.3 Å². The van der Waals surface area contributed by atoms with E-state index < -0.39 is 0 Å². The van der Waals surface area contributed by atoms with Gasteiger partial charge < -0.3 is 15.8 Å². The van der Waals surface area contributed by atoms with Gasteiger partial charge in [0.2, 0.25) is 0 Å². The van der Waals surface area contributed by atoms with E-state index in [-0.39, 0.29) is 6.04 Å². The molecule has 2 rings (SSSR count). The van der Waals surface area contributed by atoms with Crippen molar-refractivity contribution in [1.82, 2.24) is 5.32 Å². The SMILES string of the molecule is CCOc1cccc([C@H]2CNC[C@H]2N)c1. The lowest BCUT2D eigenvalue weighted by molar-refractivity contribution is 0.339. The van der Waals surface area contributed by atoms with Crippen LogP contribution in [-0.4, -0.2) is 25.7 Å². The third-order valence-electron chi connectivity index (χ3n) is 2.86. The molecule has 1 saturated heterocycles. The zero-order valence-corrected chi connectivity index (χ0v) is 9.07. The molecular formula is C12H18N2O. The third-order valence-corrected chi connectivity index (χ3v) is 2.86. The van der Waals surface area contributed by atoms with Gasteiger partial charge in [-0.3, -0.25) is 0 Å². The number of benzene rings is 1. The van der Waals surface area contributed by atoms with Gasteiger partial charge in [0.1, 0.15) is 5.75 Å². The van der Waals surface area contributed by atoms with Crippen LogP contribution in [0.25, 0.3) is 0 Å². The molecule has 1 fully saturated rings. The average Bonchev–Trinajstić information content (AvgIpc) is 2.65. The van der Waals surface area contributed by atoms with Crippen molar-refractivity contribution in [2.75, 3.05) is 19.7 Å². The van der Waals surface area contributed by atoms with Crippen molar-refractivity contribution in [1.29, 1.82) is 0 Å². The second kappa shape index (κ2) is 4.64. The van der Waals surface area contributed by atoms with Gasteiger partial charge in [-0.05, 0) is 24.6 Å². The van der Waals surface area contributed by atoms with E-state index in [0.717, 1.165) is 18.8 Å². The molecule has 0 bridgehead atoms. The topological polar surface area (TPSA) is 47.3 Å². The van der Waals surface area contributed by atoms with Crippen molar-refractivity contribution >= 4 is 0 Å². The Balaban J connectivity index is 2.16. The van der Waals surface area contributed by atoms with Gasteiger partial charge in [0, 0.05) is 25.0 Å². The minimum Gasteiger partial charge on any atom is -0.494 e. The highest BCUT2D eigenvalue weighted by atomic mass is 16.5. The van der Waals surface area contributed by atoms with Crippen molar-refractivity contribution in [2.45, 2.75) is 18.9 Å². The molecule has 3 N–H and O–H groups in total. The summed E-state index contributed by atoms with van der Waals surface area (Å²) in [6.07, 6.45) is 0. The Kier molecular flexibility index (Phi) is 3.23. The Morgan fingerprint density at radius 3 is 3.00 bits per heavy atom. The van der Waals surface area contributed by atoms with Crippen molar-refractivity contribution < 1.29 is 4.74 Å². The van der Waals surface area contributed by atoms with Crippen molar-refractivity contribution in [2.24, 2.45) is 5.73 Å². The van der Waals surface area contributed by atoms with Crippen molar-refractivity contribution in [3.05, 3.63) is 29.8 Å². The highest BCUT2D eigenvalue weighted by Gasteiger charge is 2.25. The van der Waals surface area contributed by atoms with E-state index >= 15 is 0 Å². The number of nitrogens with two attached hydrogens (primary N) is 1. The summed E-state index contributed by atoms with van der Waals surface area (Å²) >= 11 is 0. The Labute approximate surface area is 90.6 Å². The molecule has 0 radical (unpaired) electrons. The van der Waals surface area contributed by atoms with Crippen LogP contribution in [0.3, 0.4) is 0 Å². The lowest BCUT2D eigenvalue weighted by atomic mass is 9.95. The maximum absolute atomic E-state index is 6.03. The highest BCUT2D eigenvalue weighted by Crippen LogP contribution is 2.24. The van der Waals surface area contributed by atoms with E-state index in [1.165, 1.54) is 5.56 Å². The Morgan fingerprint density at radius 2 is 2.33 bits per heavy atom. The lowest BCUT2D eigenvalue weighted by Gasteiger charge is -2.15. The molecule has 0 aliphatic carbocycles. The van der Waals surface area contributed by atoms with Crippen LogP contribution in [0.5, 0.6) is 5.75 Å². The van der Waals surface area contributed by atoms with Crippen LogP contribution in [0.2, 0.25) is 0 Å². The molecule has 82 valence electrons. The molecule has 1 aromatic carbocycles. The van der Waals surface area contributed by atoms with E-state index in [9.17, 15) is 0 Å². The van der Waals surface area contributed by atoms with Crippen LogP contribution >= 0.6 is 0 Å². The summed E-state index contributed by atoms with van der Waals surface area (Å²) < 4.78 is 5.48. The summed E-state index contributed by atoms with van der Waals surface area (Å²) in [4.78, 5) is 0. The zero-order valence-electron chi connectivity index (χ0n) is 9.07. The quantitative estimate of drug-likeness (QED) is 0.778. The third kappa shape index (κ3) is 2.30. The molecule has 0 unspecified atom stereocenters. The standard InChI is InChI=1S/C12H18N2O/c1-2-15-10-5-3-4-9(6-10)11-7-14-8-12(11)13/h3-6,11-12,14H,2,7-8,13H2,1H3/t11-,12-/m1/s1. The summed E-state index contributed by atoms with van der Waals surface area (Å²) in [5.41, 5.74) is 7.31. The van der Waals surface area contributed by atoms with Crippen LogP contribution in [0, 0.1) is 0 Å². The predicted molar refractivity (Wildman–Crippen MR) is 61.2 cm³/mol. The largest absolute Gasteiger partial charge is 0.494 e. The Bertz CT molecular complexity index is 327. The van der Waals surface area contributed by atoms with Gasteiger partial charge in [-0.1, -0.05) is 12.1 Å². The Hall–Kier alpha value is -1.06. The van der Waals surface area contributed by atoms with Gasteiger partial charge in [0.15, 0.2) is 0 Å². The molecule has 0 saturated carbocycles. The van der Waals surface area contributed by atoms with Gasteiger partial charge in [-0.15, -0.1) is 0 Å². The first kappa shape index (κ1) is 10.5. The first-order chi connectivity index (χ1) is 7.31. The molecule has 2 atom stereocenters. The van der Waals surface area contributed by atoms with Crippen LogP contribution in [-0.2, 0) is 0 Å². The monoisotopic (exact) mass is 206 g/mol. The zero-order chi connectivity index (χ0) is 10.7. The molecule has 1 aliphatic rings. The van der Waals surface area contributed by atoms with Crippen LogP contribution in [0.4, 0.5) is 0 Å². The molecule has 15 heavy (non-hydrogen) atoms. The van der Waals surface area contributed by atoms with E-state index in [1.807, 2.05) is 19.1 Å². The van der Waals surface area contributed by atoms with E-state index in [4.69, 9.17) is 10.5 Å². The number of hydrogen-bond donors (Lipinski definition) is 2. The summed E-state index contributed by atoms with van der Waals surface area (Å²) in [6.45, 7) is 4.58. The number of nitrogens with one attached hydrogen (secondary N) is 1. The smallest absolute Gasteiger partial charge is 0.119 e. The summed E-state index contributed by atoms with van der Waals surface area (Å²) in [7, 11) is 0. The second-order valence-corrected chi connectivity index (χ2v) is 3.93. The lowest BCUT2D eigenvalue weighted by Crippen LogP contribution is -2.27. The Morgan fingerprint density at radius 1 is 1.47 bits per heavy atom. The van der Waals surface area contributed by atoms with Gasteiger partial charge in [-0.25, -0.2) is 0 Å². The molecule has 1 heterocycles. The van der Waals surface area contributed by atoms with E-state index in [2.05, 4.69) is 17.4 Å². The van der Waals surface area contributed by atoms with Gasteiger partial charge in [0.25, 0.3) is 0 Å². The minimum atomic E-state index is 0.224. The van der Waals surface area contributed by atoms with Gasteiger partial charge >= 0.3 is 0 Å². The number of hydrogen-bond acceptors (Lipinski definition) is 3. The molecule has 0 aromatic heterocycles.